The highest BCUT2D eigenvalue weighted by molar-refractivity contribution is 7.92. The number of carbonyl (C=O) groups is 1. The Morgan fingerprint density at radius 1 is 1.06 bits per heavy atom. The second-order valence-electron chi connectivity index (χ2n) is 8.11. The first-order chi connectivity index (χ1) is 16.7. The predicted molar refractivity (Wildman–Crippen MR) is 125 cm³/mol. The van der Waals surface area contributed by atoms with Gasteiger partial charge in [-0.2, -0.15) is 5.26 Å². The summed E-state index contributed by atoms with van der Waals surface area (Å²) in [7, 11) is -4.23. The number of aromatic amines is 1. The molecular formula is C24H17F2N5O3S. The van der Waals surface area contributed by atoms with Crippen LogP contribution >= 0.6 is 0 Å². The molecule has 0 unspecified atom stereocenters. The van der Waals surface area contributed by atoms with Crippen molar-refractivity contribution in [3.63, 3.8) is 0 Å². The van der Waals surface area contributed by atoms with E-state index in [-0.39, 0.29) is 23.1 Å². The standard InChI is InChI=1S/C24H17F2N5O3S/c25-20-6-4-16(10-21(20)26)35(33,34)31-15-3-5-17(14(9-15)12-27)19-11-22(30-24(32)13-1-2-13)29-23-18(19)7-8-28-23/h3-11,13,31H,1-2H2,(H2,28,29,30,32). The van der Waals surface area contributed by atoms with Gasteiger partial charge in [0.1, 0.15) is 11.5 Å². The van der Waals surface area contributed by atoms with Gasteiger partial charge >= 0.3 is 0 Å². The lowest BCUT2D eigenvalue weighted by Gasteiger charge is -2.13. The molecule has 0 bridgehead atoms. The lowest BCUT2D eigenvalue weighted by Crippen LogP contribution is -2.14. The fourth-order valence-corrected chi connectivity index (χ4v) is 4.75. The van der Waals surface area contributed by atoms with Crippen LogP contribution < -0.4 is 10.0 Å². The number of amides is 1. The second-order valence-corrected chi connectivity index (χ2v) is 9.79. The van der Waals surface area contributed by atoms with Crippen molar-refractivity contribution in [1.29, 1.82) is 5.26 Å². The molecule has 1 fully saturated rings. The number of nitrogens with one attached hydrogen (secondary N) is 3. The minimum atomic E-state index is -4.23. The summed E-state index contributed by atoms with van der Waals surface area (Å²) < 4.78 is 54.3. The van der Waals surface area contributed by atoms with Crippen LogP contribution in [0, 0.1) is 28.9 Å². The van der Waals surface area contributed by atoms with E-state index in [1.54, 1.807) is 24.4 Å². The number of rotatable bonds is 6. The number of hydrogen-bond donors (Lipinski definition) is 3. The number of nitriles is 1. The van der Waals surface area contributed by atoms with Crippen molar-refractivity contribution in [1.82, 2.24) is 9.97 Å². The molecule has 1 amide bonds. The number of halogens is 2. The summed E-state index contributed by atoms with van der Waals surface area (Å²) in [5.41, 5.74) is 1.85. The maximum Gasteiger partial charge on any atom is 0.261 e. The molecule has 1 saturated carbocycles. The number of aromatic nitrogens is 2. The number of pyridine rings is 1. The van der Waals surface area contributed by atoms with E-state index in [0.29, 0.717) is 34.0 Å². The zero-order valence-electron chi connectivity index (χ0n) is 18.0. The normalized spacial score (nSPS) is 13.4. The van der Waals surface area contributed by atoms with E-state index in [9.17, 15) is 27.3 Å². The molecule has 2 heterocycles. The lowest BCUT2D eigenvalue weighted by atomic mass is 9.98. The van der Waals surface area contributed by atoms with Crippen LogP contribution in [-0.2, 0) is 14.8 Å². The minimum Gasteiger partial charge on any atom is -0.346 e. The Balaban J connectivity index is 1.51. The second kappa shape index (κ2) is 8.48. The van der Waals surface area contributed by atoms with Gasteiger partial charge in [-0.15, -0.1) is 0 Å². The number of hydrogen-bond acceptors (Lipinski definition) is 5. The van der Waals surface area contributed by atoms with Crippen molar-refractivity contribution < 1.29 is 22.0 Å². The first kappa shape index (κ1) is 22.5. The molecule has 0 aliphatic heterocycles. The smallest absolute Gasteiger partial charge is 0.261 e. The number of nitrogens with zero attached hydrogens (tertiary/aromatic N) is 2. The largest absolute Gasteiger partial charge is 0.346 e. The monoisotopic (exact) mass is 493 g/mol. The van der Waals surface area contributed by atoms with E-state index < -0.39 is 26.6 Å². The Kier molecular flexibility index (Phi) is 5.45. The molecule has 0 atom stereocenters. The number of benzene rings is 2. The fraction of sp³-hybridized carbons (Fsp3) is 0.125. The molecule has 8 nitrogen and oxygen atoms in total. The summed E-state index contributed by atoms with van der Waals surface area (Å²) in [5, 5.41) is 13.3. The average Bonchev–Trinajstić information content (AvgIpc) is 3.58. The number of sulfonamides is 1. The zero-order valence-corrected chi connectivity index (χ0v) is 18.8. The molecule has 3 N–H and O–H groups in total. The lowest BCUT2D eigenvalue weighted by molar-refractivity contribution is -0.117. The molecule has 2 aromatic carbocycles. The maximum atomic E-state index is 13.5. The zero-order chi connectivity index (χ0) is 24.7. The molecule has 0 saturated heterocycles. The third-order valence-corrected chi connectivity index (χ3v) is 6.99. The van der Waals surface area contributed by atoms with E-state index in [2.05, 4.69) is 26.1 Å². The molecule has 2 aromatic heterocycles. The van der Waals surface area contributed by atoms with Crippen LogP contribution in [0.5, 0.6) is 0 Å². The summed E-state index contributed by atoms with van der Waals surface area (Å²) in [6, 6.07) is 12.1. The van der Waals surface area contributed by atoms with Gasteiger partial charge < -0.3 is 10.3 Å². The topological polar surface area (TPSA) is 128 Å². The predicted octanol–water partition coefficient (Wildman–Crippen LogP) is 4.53. The van der Waals surface area contributed by atoms with E-state index in [0.717, 1.165) is 25.0 Å². The van der Waals surface area contributed by atoms with Gasteiger partial charge in [0, 0.05) is 23.1 Å². The van der Waals surface area contributed by atoms with Crippen LogP contribution in [-0.4, -0.2) is 24.3 Å². The highest BCUT2D eigenvalue weighted by atomic mass is 32.2. The van der Waals surface area contributed by atoms with Crippen molar-refractivity contribution in [2.24, 2.45) is 5.92 Å². The Morgan fingerprint density at radius 2 is 1.86 bits per heavy atom. The Bertz CT molecular complexity index is 1640. The van der Waals surface area contributed by atoms with Crippen LogP contribution in [0.4, 0.5) is 20.3 Å². The Hall–Kier alpha value is -4.30. The molecule has 5 rings (SSSR count). The molecule has 35 heavy (non-hydrogen) atoms. The van der Waals surface area contributed by atoms with Crippen molar-refractivity contribution in [3.05, 3.63) is 71.9 Å². The summed E-state index contributed by atoms with van der Waals surface area (Å²) in [6.07, 6.45) is 3.36. The van der Waals surface area contributed by atoms with E-state index >= 15 is 0 Å². The van der Waals surface area contributed by atoms with Gasteiger partial charge in [0.15, 0.2) is 11.6 Å². The van der Waals surface area contributed by atoms with Gasteiger partial charge in [0.2, 0.25) is 5.91 Å². The maximum absolute atomic E-state index is 13.5. The summed E-state index contributed by atoms with van der Waals surface area (Å²) in [4.78, 5) is 19.2. The average molecular weight is 493 g/mol. The van der Waals surface area contributed by atoms with Crippen molar-refractivity contribution in [2.45, 2.75) is 17.7 Å². The van der Waals surface area contributed by atoms with Gasteiger partial charge in [-0.25, -0.2) is 22.2 Å². The van der Waals surface area contributed by atoms with Crippen LogP contribution in [0.1, 0.15) is 18.4 Å². The number of carbonyl (C=O) groups excluding carboxylic acids is 1. The van der Waals surface area contributed by atoms with Crippen LogP contribution in [0.2, 0.25) is 0 Å². The van der Waals surface area contributed by atoms with Crippen LogP contribution in [0.25, 0.3) is 22.2 Å². The van der Waals surface area contributed by atoms with Crippen LogP contribution in [0.3, 0.4) is 0 Å². The Labute approximate surface area is 198 Å². The first-order valence-electron chi connectivity index (χ1n) is 10.6. The van der Waals surface area contributed by atoms with Gasteiger partial charge in [-0.05, 0) is 60.9 Å². The molecule has 0 radical (unpaired) electrons. The van der Waals surface area contributed by atoms with Gasteiger partial charge in [0.25, 0.3) is 10.0 Å². The van der Waals surface area contributed by atoms with Crippen LogP contribution in [0.15, 0.2) is 59.6 Å². The summed E-state index contributed by atoms with van der Waals surface area (Å²) in [5.74, 6) is -2.26. The number of fused-ring (bicyclic) bond motifs is 1. The molecule has 176 valence electrons. The van der Waals surface area contributed by atoms with Gasteiger partial charge in [-0.1, -0.05) is 6.07 Å². The highest BCUT2D eigenvalue weighted by Crippen LogP contribution is 2.35. The van der Waals surface area contributed by atoms with E-state index in [1.165, 1.54) is 12.1 Å². The highest BCUT2D eigenvalue weighted by Gasteiger charge is 2.30. The molecule has 0 spiro atoms. The number of anilines is 2. The third-order valence-electron chi connectivity index (χ3n) is 5.61. The summed E-state index contributed by atoms with van der Waals surface area (Å²) in [6.45, 7) is 0. The third kappa shape index (κ3) is 4.43. The molecule has 1 aliphatic carbocycles. The molecule has 4 aromatic rings. The quantitative estimate of drug-likeness (QED) is 0.364. The SMILES string of the molecule is N#Cc1cc(NS(=O)(=O)c2ccc(F)c(F)c2)ccc1-c1cc(NC(=O)C2CC2)nc2[nH]ccc12. The fourth-order valence-electron chi connectivity index (χ4n) is 3.69. The molecular weight excluding hydrogens is 476 g/mol. The Morgan fingerprint density at radius 3 is 2.57 bits per heavy atom. The van der Waals surface area contributed by atoms with E-state index in [4.69, 9.17) is 0 Å². The van der Waals surface area contributed by atoms with Gasteiger partial charge in [0.05, 0.1) is 22.2 Å². The number of H-pyrrole nitrogens is 1. The van der Waals surface area contributed by atoms with Crippen molar-refractivity contribution in [2.75, 3.05) is 10.0 Å². The van der Waals surface area contributed by atoms with Crippen molar-refractivity contribution >= 4 is 38.5 Å². The minimum absolute atomic E-state index is 0.0175. The van der Waals surface area contributed by atoms with Crippen molar-refractivity contribution in [3.8, 4) is 17.2 Å². The van der Waals surface area contributed by atoms with Gasteiger partial charge in [-0.3, -0.25) is 9.52 Å². The van der Waals surface area contributed by atoms with E-state index in [1.807, 2.05) is 0 Å². The molecule has 11 heteroatoms. The molecule has 1 aliphatic rings. The summed E-state index contributed by atoms with van der Waals surface area (Å²) >= 11 is 0. The first-order valence-corrected chi connectivity index (χ1v) is 12.0.